The average Bonchev–Trinajstić information content (AvgIpc) is 1.55. The Kier molecular flexibility index (Phi) is 52.6. The summed E-state index contributed by atoms with van der Waals surface area (Å²) in [5.41, 5.74) is 3.72. The monoisotopic (exact) mass is 2300 g/mol. The van der Waals surface area contributed by atoms with Gasteiger partial charge in [-0.2, -0.15) is 0 Å². The van der Waals surface area contributed by atoms with Crippen LogP contribution in [-0.2, 0) is 37.8 Å². The van der Waals surface area contributed by atoms with Gasteiger partial charge in [0.1, 0.15) is 5.01 Å². The molecule has 6 aliphatic heterocycles. The molecule has 148 heavy (non-hydrogen) atoms. The first kappa shape index (κ1) is 125. The highest BCUT2D eigenvalue weighted by Crippen LogP contribution is 2.54. The number of rotatable bonds is 65. The highest BCUT2D eigenvalue weighted by atomic mass is 79.9. The van der Waals surface area contributed by atoms with Gasteiger partial charge in [0, 0.05) is 70.3 Å². The van der Waals surface area contributed by atoms with Crippen molar-refractivity contribution >= 4 is 193 Å². The summed E-state index contributed by atoms with van der Waals surface area (Å²) >= 11 is 19.8. The van der Waals surface area contributed by atoms with Crippen LogP contribution in [0, 0.1) is 37.5 Å². The molecule has 2 fully saturated rings. The van der Waals surface area contributed by atoms with Crippen LogP contribution in [0.1, 0.15) is 463 Å². The third-order valence-electron chi connectivity index (χ3n) is 31.1. The van der Waals surface area contributed by atoms with Crippen LogP contribution < -0.4 is 9.55 Å². The maximum Gasteiger partial charge on any atom is 0.505 e. The summed E-state index contributed by atoms with van der Waals surface area (Å²) in [5, 5.41) is 2.01. The van der Waals surface area contributed by atoms with Crippen LogP contribution in [0.25, 0.3) is 52.2 Å². The van der Waals surface area contributed by atoms with E-state index in [9.17, 15) is 0 Å². The van der Waals surface area contributed by atoms with Gasteiger partial charge in [0.25, 0.3) is 23.6 Å². The van der Waals surface area contributed by atoms with Crippen molar-refractivity contribution in [3.05, 3.63) is 133 Å². The summed E-state index contributed by atoms with van der Waals surface area (Å²) in [4.78, 5) is 99.2. The van der Waals surface area contributed by atoms with Gasteiger partial charge >= 0.3 is 14.2 Å². The first-order chi connectivity index (χ1) is 70.4. The van der Waals surface area contributed by atoms with Crippen molar-refractivity contribution in [2.24, 2.45) is 23.7 Å². The minimum Gasteiger partial charge on any atom is -0.399 e. The van der Waals surface area contributed by atoms with Crippen LogP contribution >= 0.6 is 123 Å². The molecule has 16 nitrogen and oxygen atoms in total. The predicted octanol–water partition coefficient (Wildman–Crippen LogP) is 37.1. The summed E-state index contributed by atoms with van der Waals surface area (Å²) in [6.07, 6.45) is 65.9. The lowest BCUT2D eigenvalue weighted by Gasteiger charge is -2.32. The highest BCUT2D eigenvalue weighted by molar-refractivity contribution is 9.11. The highest BCUT2D eigenvalue weighted by Gasteiger charge is 2.57. The zero-order valence-corrected chi connectivity index (χ0v) is 102. The molecule has 8 aromatic heterocycles. The van der Waals surface area contributed by atoms with Gasteiger partial charge in [0.05, 0.1) is 112 Å². The third-order valence-corrected chi connectivity index (χ3v) is 40.9. The van der Waals surface area contributed by atoms with Crippen molar-refractivity contribution < 1.29 is 37.8 Å². The van der Waals surface area contributed by atoms with Gasteiger partial charge in [-0.25, -0.2) is 19.9 Å². The van der Waals surface area contributed by atoms with Crippen LogP contribution in [0.15, 0.2) is 103 Å². The Bertz CT molecular complexity index is 5310. The molecule has 14 rings (SSSR count). The maximum atomic E-state index is 15.9. The Morgan fingerprint density at radius 3 is 0.791 bits per heavy atom. The number of unbranched alkanes of at least 4 members (excludes halogenated alkanes) is 32. The lowest BCUT2D eigenvalue weighted by atomic mass is 9.88. The summed E-state index contributed by atoms with van der Waals surface area (Å²) in [7, 11) is -1.06. The van der Waals surface area contributed by atoms with Gasteiger partial charge in [-0.3, -0.25) is 19.2 Å². The van der Waals surface area contributed by atoms with E-state index in [1.54, 1.807) is 90.7 Å². The maximum absolute atomic E-state index is 15.9. The largest absolute Gasteiger partial charge is 0.505 e. The second kappa shape index (κ2) is 62.3. The average molecular weight is 2300 g/mol. The van der Waals surface area contributed by atoms with Crippen LogP contribution in [0.3, 0.4) is 0 Å². The number of nitrogens with zero attached hydrogens (tertiary/aromatic N) is 8. The van der Waals surface area contributed by atoms with Crippen LogP contribution in [0.2, 0.25) is 0 Å². The summed E-state index contributed by atoms with van der Waals surface area (Å²) in [5.74, 6) is 1.42. The lowest BCUT2D eigenvalue weighted by Crippen LogP contribution is -2.41. The molecular weight excluding hydrogens is 2120 g/mol. The molecule has 4 atom stereocenters. The second-order valence-electron chi connectivity index (χ2n) is 44.0. The molecular formula is C120H182B2Br2N8O8S8. The minimum atomic E-state index is -0.532. The predicted molar refractivity (Wildman–Crippen MR) is 648 cm³/mol. The number of carbonyl (C=O) groups excluding carboxylic acids is 4. The van der Waals surface area contributed by atoms with E-state index in [1.165, 1.54) is 236 Å². The number of thiophene rings is 4. The molecule has 0 N–H and O–H groups in total. The van der Waals surface area contributed by atoms with Crippen molar-refractivity contribution in [1.82, 2.24) is 39.5 Å². The number of aromatic nitrogens is 4. The number of thiazole rings is 4. The first-order valence-corrected chi connectivity index (χ1v) is 65.0. The lowest BCUT2D eigenvalue weighted by molar-refractivity contribution is -0.124. The van der Waals surface area contributed by atoms with Crippen molar-refractivity contribution in [3.8, 4) is 29.4 Å². The van der Waals surface area contributed by atoms with Gasteiger partial charge in [0.2, 0.25) is 0 Å². The molecule has 2 saturated heterocycles. The molecule has 8 aromatic rings. The van der Waals surface area contributed by atoms with E-state index in [4.69, 9.17) is 23.6 Å². The Morgan fingerprint density at radius 2 is 0.520 bits per heavy atom. The zero-order valence-electron chi connectivity index (χ0n) is 92.0. The van der Waals surface area contributed by atoms with Gasteiger partial charge in [-0.15, -0.1) is 90.7 Å². The molecule has 28 heteroatoms. The van der Waals surface area contributed by atoms with E-state index in [2.05, 4.69) is 223 Å². The quantitative estimate of drug-likeness (QED) is 0.0261. The van der Waals surface area contributed by atoms with E-state index < -0.39 is 36.6 Å². The SMILES string of the molecule is Brc1ncc(-c2cnc(Br)s2)s1.C.C.CCCCCCCCC(CCCCCC)CN1C(=O)C2=C(c3ccc(-c4cnc(-c5cnc(C)s5)s4)s3)N(CC(CCCCCC)CCCCCCCC)C(=O)C2=C1c1ccc(C)s1.CCCCCCCCC(CCCCCC)CN1C(=O)C2=C(c3ccc(B4OC(C)(C)C(C)(C)O4)s3)N(CC(CCCCCC)CCCCCCCC)C(=O)C2=C1c1ccc(B2OC(C)(C)C(C)(C)O2)s1. The molecule has 0 bridgehead atoms. The Morgan fingerprint density at radius 1 is 0.277 bits per heavy atom. The van der Waals surface area contributed by atoms with Crippen molar-refractivity contribution in [2.45, 2.75) is 470 Å². The molecule has 0 radical (unpaired) electrons. The van der Waals surface area contributed by atoms with Crippen LogP contribution in [-0.4, -0.2) is 126 Å². The molecule has 818 valence electrons. The second-order valence-corrected chi connectivity index (χ2v) is 55.5. The van der Waals surface area contributed by atoms with Crippen molar-refractivity contribution in [3.63, 3.8) is 0 Å². The fraction of sp³-hybridized carbons (Fsp3) is 0.667. The fourth-order valence-electron chi connectivity index (χ4n) is 21.1. The third kappa shape index (κ3) is 34.1. The standard InChI is InChI=1S/C58H94B2N2O6S2.C54H78N4O2S4.C6H2Br2N2S2.2CH4/c1-13-17-21-25-27-31-35-43(33-29-23-19-15-3)41-61-51(45-37-39-47(69-45)59-65-55(5,6)56(7,8)66-59)49-50(53(61)63)52(46-38-40-48(70-46)60-67-57(9,10)58(11,12)68-60)62(54(49)64)42-44(34-30-24-20-16-4)36-32-28-26-22-18-14-2;1-7-11-15-19-21-25-29-41(27-23-17-13-9-3)37-57-50(44-32-31-39(5)61-44)48-49(54(57)60)51(45-34-33-43(63-45)46-35-56-52(64-46)47-36-55-40(6)62-47)58(53(48)59)38-42(28-24-18-14-10-4)30-26-22-20-16-12-8-2;7-5-9-1-3(11-5)4-2-10-6(8)12-4;;/h37-40,43-44H,13-36,41-42H2,1-12H3;31-36,41-42H,7-30,37-38H2,1-6H3;1-2H;2*1H4. The fourth-order valence-corrected chi connectivity index (χ4v) is 29.6. The Labute approximate surface area is 943 Å². The molecule has 0 aromatic carbocycles. The number of hydrogen-bond acceptors (Lipinski definition) is 20. The number of fused-ring (bicyclic) bond motifs is 2. The minimum absolute atomic E-state index is 0. The normalized spacial score (nSPS) is 17.0. The molecule has 14 heterocycles. The zero-order chi connectivity index (χ0) is 105. The van der Waals surface area contributed by atoms with Crippen molar-refractivity contribution in [2.75, 3.05) is 26.2 Å². The van der Waals surface area contributed by atoms with E-state index in [0.29, 0.717) is 72.1 Å². The van der Waals surface area contributed by atoms with Crippen molar-refractivity contribution in [1.29, 1.82) is 0 Å². The first-order valence-electron chi connectivity index (χ1n) is 56.9. The van der Waals surface area contributed by atoms with Gasteiger partial charge in [-0.05, 0) is 213 Å². The smallest absolute Gasteiger partial charge is 0.399 e. The summed E-state index contributed by atoms with van der Waals surface area (Å²) < 4.78 is 30.1. The van der Waals surface area contributed by atoms with E-state index in [-0.39, 0.29) is 38.5 Å². The topological polar surface area (TPSA) is 170 Å². The number of halogens is 2. The molecule has 0 saturated carbocycles. The molecule has 0 spiro atoms. The molecule has 6 aliphatic rings. The molecule has 4 unspecified atom stereocenters. The molecule has 0 aliphatic carbocycles. The van der Waals surface area contributed by atoms with E-state index in [1.807, 2.05) is 41.5 Å². The van der Waals surface area contributed by atoms with Gasteiger partial charge < -0.3 is 38.2 Å². The summed E-state index contributed by atoms with van der Waals surface area (Å²) in [6, 6.07) is 17.1. The Hall–Kier alpha value is -4.91. The van der Waals surface area contributed by atoms with Gasteiger partial charge in [0.15, 0.2) is 7.83 Å². The van der Waals surface area contributed by atoms with E-state index in [0.717, 1.165) is 171 Å². The molecule has 4 amide bonds. The van der Waals surface area contributed by atoms with Crippen LogP contribution in [0.4, 0.5) is 0 Å². The Balaban J connectivity index is 0.000000268. The number of hydrogen-bond donors (Lipinski definition) is 0. The number of carbonyl (C=O) groups is 4. The van der Waals surface area contributed by atoms with Gasteiger partial charge in [-0.1, -0.05) is 339 Å². The number of amides is 4. The summed E-state index contributed by atoms with van der Waals surface area (Å²) in [6.45, 7) is 41.6. The number of aryl methyl sites for hydroxylation is 2. The van der Waals surface area contributed by atoms with E-state index >= 15 is 19.2 Å². The van der Waals surface area contributed by atoms with Crippen LogP contribution in [0.5, 0.6) is 0 Å².